The van der Waals surface area contributed by atoms with Crippen LogP contribution in [0.15, 0.2) is 18.2 Å². The molecule has 0 spiro atoms. The van der Waals surface area contributed by atoms with Crippen LogP contribution in [0.1, 0.15) is 31.4 Å². The number of aryl methyl sites for hydroxylation is 1. The van der Waals surface area contributed by atoms with Gasteiger partial charge < -0.3 is 15.5 Å². The van der Waals surface area contributed by atoms with Crippen LogP contribution in [0, 0.1) is 0 Å². The molecule has 0 saturated heterocycles. The first-order valence-corrected chi connectivity index (χ1v) is 6.90. The number of rotatable bonds is 3. The molecule has 0 bridgehead atoms. The van der Waals surface area contributed by atoms with E-state index < -0.39 is 0 Å². The van der Waals surface area contributed by atoms with Crippen LogP contribution in [-0.4, -0.2) is 25.0 Å². The van der Waals surface area contributed by atoms with Crippen molar-refractivity contribution in [3.05, 3.63) is 29.3 Å². The van der Waals surface area contributed by atoms with Crippen molar-refractivity contribution in [2.75, 3.05) is 11.9 Å². The Morgan fingerprint density at radius 1 is 1.35 bits per heavy atom. The zero-order valence-corrected chi connectivity index (χ0v) is 12.2. The molecule has 1 aromatic rings. The summed E-state index contributed by atoms with van der Waals surface area (Å²) in [6.45, 7) is 4.33. The molecule has 0 unspecified atom stereocenters. The molecule has 1 aliphatic rings. The average molecular weight is 275 g/mol. The van der Waals surface area contributed by atoms with Gasteiger partial charge >= 0.3 is 6.03 Å². The first-order chi connectivity index (χ1) is 9.47. The van der Waals surface area contributed by atoms with E-state index in [0.29, 0.717) is 13.0 Å². The van der Waals surface area contributed by atoms with Crippen molar-refractivity contribution in [2.45, 2.75) is 39.3 Å². The predicted octanol–water partition coefficient (Wildman–Crippen LogP) is 1.80. The van der Waals surface area contributed by atoms with Gasteiger partial charge in [0.05, 0.1) is 0 Å². The molecule has 1 aliphatic heterocycles. The van der Waals surface area contributed by atoms with Gasteiger partial charge in [-0.15, -0.1) is 0 Å². The lowest BCUT2D eigenvalue weighted by atomic mass is 9.99. The van der Waals surface area contributed by atoms with E-state index in [1.165, 1.54) is 0 Å². The molecular weight excluding hydrogens is 254 g/mol. The summed E-state index contributed by atoms with van der Waals surface area (Å²) in [7, 11) is 1.80. The molecule has 1 aromatic carbocycles. The maximum Gasteiger partial charge on any atom is 0.315 e. The number of hydrogen-bond acceptors (Lipinski definition) is 2. The number of nitrogens with one attached hydrogen (secondary N) is 2. The van der Waals surface area contributed by atoms with E-state index in [9.17, 15) is 9.59 Å². The lowest BCUT2D eigenvalue weighted by Gasteiger charge is -2.26. The van der Waals surface area contributed by atoms with Gasteiger partial charge in [0.2, 0.25) is 5.91 Å². The fourth-order valence-corrected chi connectivity index (χ4v) is 2.32. The third-order valence-corrected chi connectivity index (χ3v) is 3.36. The van der Waals surface area contributed by atoms with E-state index in [4.69, 9.17) is 0 Å². The van der Waals surface area contributed by atoms with Gasteiger partial charge in [-0.3, -0.25) is 4.79 Å². The van der Waals surface area contributed by atoms with Gasteiger partial charge in [-0.1, -0.05) is 12.1 Å². The molecule has 0 aliphatic carbocycles. The van der Waals surface area contributed by atoms with Gasteiger partial charge in [0.1, 0.15) is 0 Å². The monoisotopic (exact) mass is 275 g/mol. The maximum atomic E-state index is 11.6. The number of carbonyl (C=O) groups is 2. The van der Waals surface area contributed by atoms with Crippen LogP contribution in [0.2, 0.25) is 0 Å². The van der Waals surface area contributed by atoms with Crippen molar-refractivity contribution in [3.63, 3.8) is 0 Å². The predicted molar refractivity (Wildman–Crippen MR) is 78.7 cm³/mol. The molecular formula is C15H21N3O2. The molecule has 2 rings (SSSR count). The van der Waals surface area contributed by atoms with Gasteiger partial charge in [-0.25, -0.2) is 4.79 Å². The van der Waals surface area contributed by atoms with E-state index in [1.807, 2.05) is 26.0 Å². The topological polar surface area (TPSA) is 61.4 Å². The normalized spacial score (nSPS) is 14.2. The van der Waals surface area contributed by atoms with E-state index in [0.717, 1.165) is 23.2 Å². The number of amides is 3. The molecule has 5 heteroatoms. The Balaban J connectivity index is 2.01. The lowest BCUT2D eigenvalue weighted by Crippen LogP contribution is -2.39. The summed E-state index contributed by atoms with van der Waals surface area (Å²) in [6.07, 6.45) is 1.32. The summed E-state index contributed by atoms with van der Waals surface area (Å²) in [4.78, 5) is 24.9. The van der Waals surface area contributed by atoms with Crippen LogP contribution in [0.25, 0.3) is 0 Å². The van der Waals surface area contributed by atoms with Crippen molar-refractivity contribution in [3.8, 4) is 0 Å². The average Bonchev–Trinajstić information content (AvgIpc) is 2.40. The molecule has 0 atom stereocenters. The van der Waals surface area contributed by atoms with Crippen molar-refractivity contribution in [1.29, 1.82) is 0 Å². The Morgan fingerprint density at radius 3 is 2.80 bits per heavy atom. The molecule has 2 N–H and O–H groups in total. The minimum atomic E-state index is -0.162. The van der Waals surface area contributed by atoms with Gasteiger partial charge in [0, 0.05) is 31.7 Å². The zero-order valence-electron chi connectivity index (χ0n) is 12.2. The Labute approximate surface area is 119 Å². The number of nitrogens with zero attached hydrogens (tertiary/aromatic N) is 1. The highest BCUT2D eigenvalue weighted by Gasteiger charge is 2.20. The number of hydrogen-bond donors (Lipinski definition) is 2. The van der Waals surface area contributed by atoms with Crippen LogP contribution in [0.5, 0.6) is 0 Å². The fraction of sp³-hybridized carbons (Fsp3) is 0.467. The Kier molecular flexibility index (Phi) is 4.27. The minimum absolute atomic E-state index is 0.123. The van der Waals surface area contributed by atoms with Crippen molar-refractivity contribution in [1.82, 2.24) is 10.6 Å². The molecule has 0 radical (unpaired) electrons. The highest BCUT2D eigenvalue weighted by molar-refractivity contribution is 5.95. The Morgan fingerprint density at radius 2 is 2.10 bits per heavy atom. The summed E-state index contributed by atoms with van der Waals surface area (Å²) in [5.41, 5.74) is 3.18. The highest BCUT2D eigenvalue weighted by atomic mass is 16.2. The Hall–Kier alpha value is -2.04. The van der Waals surface area contributed by atoms with Crippen molar-refractivity contribution < 1.29 is 9.59 Å². The van der Waals surface area contributed by atoms with Crippen LogP contribution >= 0.6 is 0 Å². The van der Waals surface area contributed by atoms with E-state index in [1.54, 1.807) is 11.9 Å². The van der Waals surface area contributed by atoms with Gasteiger partial charge in [-0.2, -0.15) is 0 Å². The summed E-state index contributed by atoms with van der Waals surface area (Å²) < 4.78 is 0. The minimum Gasteiger partial charge on any atom is -0.336 e. The maximum absolute atomic E-state index is 11.6. The number of fused-ring (bicyclic) bond motifs is 1. The fourth-order valence-electron chi connectivity index (χ4n) is 2.32. The molecule has 3 amide bonds. The summed E-state index contributed by atoms with van der Waals surface area (Å²) >= 11 is 0. The second kappa shape index (κ2) is 5.94. The SMILES string of the molecule is CC(C)NC(=O)NCc1ccc2c(c1)CCC(=O)N2C. The lowest BCUT2D eigenvalue weighted by molar-refractivity contribution is -0.118. The summed E-state index contributed by atoms with van der Waals surface area (Å²) in [5.74, 6) is 0.152. The molecule has 0 aromatic heterocycles. The summed E-state index contributed by atoms with van der Waals surface area (Å²) in [5, 5.41) is 5.61. The Bertz CT molecular complexity index is 526. The molecule has 0 fully saturated rings. The van der Waals surface area contributed by atoms with Gasteiger partial charge in [-0.05, 0) is 37.5 Å². The largest absolute Gasteiger partial charge is 0.336 e. The van der Waals surface area contributed by atoms with Crippen LogP contribution in [-0.2, 0) is 17.8 Å². The molecule has 5 nitrogen and oxygen atoms in total. The van der Waals surface area contributed by atoms with Crippen LogP contribution in [0.4, 0.5) is 10.5 Å². The van der Waals surface area contributed by atoms with Crippen LogP contribution < -0.4 is 15.5 Å². The van der Waals surface area contributed by atoms with Crippen molar-refractivity contribution >= 4 is 17.6 Å². The molecule has 108 valence electrons. The van der Waals surface area contributed by atoms with Gasteiger partial charge in [0.15, 0.2) is 0 Å². The van der Waals surface area contributed by atoms with E-state index >= 15 is 0 Å². The zero-order chi connectivity index (χ0) is 14.7. The molecule has 1 heterocycles. The number of anilines is 1. The highest BCUT2D eigenvalue weighted by Crippen LogP contribution is 2.27. The number of carbonyl (C=O) groups excluding carboxylic acids is 2. The third kappa shape index (κ3) is 3.29. The molecule has 0 saturated carbocycles. The third-order valence-electron chi connectivity index (χ3n) is 3.36. The second-order valence-corrected chi connectivity index (χ2v) is 5.40. The second-order valence-electron chi connectivity index (χ2n) is 5.40. The van der Waals surface area contributed by atoms with E-state index in [-0.39, 0.29) is 18.0 Å². The van der Waals surface area contributed by atoms with Gasteiger partial charge in [0.25, 0.3) is 0 Å². The quantitative estimate of drug-likeness (QED) is 0.883. The smallest absolute Gasteiger partial charge is 0.315 e. The first kappa shape index (κ1) is 14.4. The first-order valence-electron chi connectivity index (χ1n) is 6.90. The van der Waals surface area contributed by atoms with Crippen LogP contribution in [0.3, 0.4) is 0 Å². The van der Waals surface area contributed by atoms with Crippen molar-refractivity contribution in [2.24, 2.45) is 0 Å². The number of urea groups is 1. The standard InChI is InChI=1S/C15H21N3O2/c1-10(2)17-15(20)16-9-11-4-6-13-12(8-11)5-7-14(19)18(13)3/h4,6,8,10H,5,7,9H2,1-3H3,(H2,16,17,20). The molecule has 20 heavy (non-hydrogen) atoms. The van der Waals surface area contributed by atoms with E-state index in [2.05, 4.69) is 16.7 Å². The number of benzene rings is 1. The summed E-state index contributed by atoms with van der Waals surface area (Å²) in [6, 6.07) is 5.92.